The van der Waals surface area contributed by atoms with Crippen LogP contribution in [0.1, 0.15) is 18.4 Å². The Morgan fingerprint density at radius 2 is 1.96 bits per heavy atom. The molecule has 0 atom stereocenters. The van der Waals surface area contributed by atoms with Gasteiger partial charge in [0.25, 0.3) is 0 Å². The predicted octanol–water partition coefficient (Wildman–Crippen LogP) is 2.83. The highest BCUT2D eigenvalue weighted by molar-refractivity contribution is 5.28. The molecule has 1 aliphatic heterocycles. The molecule has 1 aromatic rings. The summed E-state index contributed by atoms with van der Waals surface area (Å²) in [7, 11) is 1.63. The average molecular weight is 346 g/mol. The molecule has 4 nitrogen and oxygen atoms in total. The SMILES string of the molecule is COCCOc1cccc(CNC2CCN(CC(F)(F)F)CC2)c1. The molecule has 1 fully saturated rings. The smallest absolute Gasteiger partial charge is 0.401 e. The molecule has 0 radical (unpaired) electrons. The van der Waals surface area contributed by atoms with Gasteiger partial charge in [0.2, 0.25) is 0 Å². The highest BCUT2D eigenvalue weighted by Crippen LogP contribution is 2.20. The second-order valence-electron chi connectivity index (χ2n) is 6.04. The Bertz CT molecular complexity index is 489. The van der Waals surface area contributed by atoms with Gasteiger partial charge in [0.15, 0.2) is 0 Å². The van der Waals surface area contributed by atoms with Crippen molar-refractivity contribution in [3.05, 3.63) is 29.8 Å². The van der Waals surface area contributed by atoms with E-state index in [-0.39, 0.29) is 6.04 Å². The Balaban J connectivity index is 1.71. The lowest BCUT2D eigenvalue weighted by molar-refractivity contribution is -0.148. The van der Waals surface area contributed by atoms with Crippen molar-refractivity contribution < 1.29 is 22.6 Å². The van der Waals surface area contributed by atoms with Gasteiger partial charge in [-0.2, -0.15) is 13.2 Å². The van der Waals surface area contributed by atoms with E-state index in [1.54, 1.807) is 7.11 Å². The second-order valence-corrected chi connectivity index (χ2v) is 6.04. The summed E-state index contributed by atoms with van der Waals surface area (Å²) in [6.45, 7) is 1.89. The highest BCUT2D eigenvalue weighted by Gasteiger charge is 2.32. The summed E-state index contributed by atoms with van der Waals surface area (Å²) in [5.41, 5.74) is 1.10. The van der Waals surface area contributed by atoms with Crippen LogP contribution in [0.4, 0.5) is 13.2 Å². The minimum Gasteiger partial charge on any atom is -0.491 e. The largest absolute Gasteiger partial charge is 0.491 e. The number of alkyl halides is 3. The molecule has 0 spiro atoms. The number of methoxy groups -OCH3 is 1. The van der Waals surface area contributed by atoms with E-state index in [4.69, 9.17) is 9.47 Å². The first-order chi connectivity index (χ1) is 11.5. The van der Waals surface area contributed by atoms with Crippen molar-refractivity contribution in [2.24, 2.45) is 0 Å². The summed E-state index contributed by atoms with van der Waals surface area (Å²) in [5, 5.41) is 3.43. The van der Waals surface area contributed by atoms with E-state index < -0.39 is 12.7 Å². The Morgan fingerprint density at radius 1 is 1.21 bits per heavy atom. The number of nitrogens with one attached hydrogen (secondary N) is 1. The number of halogens is 3. The van der Waals surface area contributed by atoms with Crippen LogP contribution in [0.2, 0.25) is 0 Å². The summed E-state index contributed by atoms with van der Waals surface area (Å²) in [5.74, 6) is 0.798. The van der Waals surface area contributed by atoms with Crippen molar-refractivity contribution in [2.75, 3.05) is 40.0 Å². The number of piperidine rings is 1. The first-order valence-corrected chi connectivity index (χ1v) is 8.19. The van der Waals surface area contributed by atoms with Crippen LogP contribution in [0.5, 0.6) is 5.75 Å². The predicted molar refractivity (Wildman–Crippen MR) is 86.2 cm³/mol. The maximum absolute atomic E-state index is 12.4. The third-order valence-corrected chi connectivity index (χ3v) is 4.04. The first-order valence-electron chi connectivity index (χ1n) is 8.19. The summed E-state index contributed by atoms with van der Waals surface area (Å²) < 4.78 is 47.7. The minimum atomic E-state index is -4.11. The van der Waals surface area contributed by atoms with Crippen LogP contribution in [0.15, 0.2) is 24.3 Å². The molecule has 0 aromatic heterocycles. The Labute approximate surface area is 140 Å². The maximum Gasteiger partial charge on any atom is 0.401 e. The second kappa shape index (κ2) is 9.25. The van der Waals surface area contributed by atoms with Crippen molar-refractivity contribution in [3.8, 4) is 5.75 Å². The quantitative estimate of drug-likeness (QED) is 0.734. The number of hydrogen-bond donors (Lipinski definition) is 1. The topological polar surface area (TPSA) is 33.7 Å². The first kappa shape index (κ1) is 19.0. The Hall–Kier alpha value is -1.31. The fraction of sp³-hybridized carbons (Fsp3) is 0.647. The van der Waals surface area contributed by atoms with E-state index in [1.165, 1.54) is 4.90 Å². The van der Waals surface area contributed by atoms with Crippen LogP contribution in [-0.2, 0) is 11.3 Å². The number of likely N-dealkylation sites (tertiary alicyclic amines) is 1. The molecule has 2 rings (SSSR count). The molecule has 0 unspecified atom stereocenters. The van der Waals surface area contributed by atoms with E-state index in [9.17, 15) is 13.2 Å². The van der Waals surface area contributed by atoms with Gasteiger partial charge in [-0.25, -0.2) is 0 Å². The van der Waals surface area contributed by atoms with Gasteiger partial charge in [0.05, 0.1) is 13.2 Å². The van der Waals surface area contributed by atoms with Crippen molar-refractivity contribution in [1.82, 2.24) is 10.2 Å². The van der Waals surface area contributed by atoms with Gasteiger partial charge in [-0.15, -0.1) is 0 Å². The monoisotopic (exact) mass is 346 g/mol. The van der Waals surface area contributed by atoms with Gasteiger partial charge in [-0.05, 0) is 43.6 Å². The average Bonchev–Trinajstić information content (AvgIpc) is 2.53. The van der Waals surface area contributed by atoms with Crippen LogP contribution >= 0.6 is 0 Å². The molecule has 1 aromatic carbocycles. The van der Waals surface area contributed by atoms with E-state index in [1.807, 2.05) is 24.3 Å². The summed E-state index contributed by atoms with van der Waals surface area (Å²) in [6, 6.07) is 8.07. The molecule has 136 valence electrons. The molecule has 24 heavy (non-hydrogen) atoms. The number of benzene rings is 1. The minimum absolute atomic E-state index is 0.257. The van der Waals surface area contributed by atoms with Crippen molar-refractivity contribution in [2.45, 2.75) is 31.6 Å². The van der Waals surface area contributed by atoms with Crippen molar-refractivity contribution in [1.29, 1.82) is 0 Å². The van der Waals surface area contributed by atoms with Crippen LogP contribution in [0.25, 0.3) is 0 Å². The van der Waals surface area contributed by atoms with E-state index in [0.717, 1.165) is 24.2 Å². The number of hydrogen-bond acceptors (Lipinski definition) is 4. The third-order valence-electron chi connectivity index (χ3n) is 4.04. The number of ether oxygens (including phenoxy) is 2. The van der Waals surface area contributed by atoms with Crippen LogP contribution in [0.3, 0.4) is 0 Å². The standard InChI is InChI=1S/C17H25F3N2O2/c1-23-9-10-24-16-4-2-3-14(11-16)12-21-15-5-7-22(8-6-15)13-17(18,19)20/h2-4,11,15,21H,5-10,12-13H2,1H3. The highest BCUT2D eigenvalue weighted by atomic mass is 19.4. The van der Waals surface area contributed by atoms with Gasteiger partial charge < -0.3 is 14.8 Å². The van der Waals surface area contributed by atoms with E-state index in [2.05, 4.69) is 5.32 Å². The van der Waals surface area contributed by atoms with Crippen LogP contribution in [-0.4, -0.2) is 57.1 Å². The lowest BCUT2D eigenvalue weighted by Gasteiger charge is -2.32. The molecule has 1 N–H and O–H groups in total. The summed E-state index contributed by atoms with van der Waals surface area (Å²) in [4.78, 5) is 1.47. The van der Waals surface area contributed by atoms with Crippen LogP contribution < -0.4 is 10.1 Å². The molecule has 0 aliphatic carbocycles. The maximum atomic E-state index is 12.4. The van der Waals surface area contributed by atoms with Gasteiger partial charge in [-0.1, -0.05) is 12.1 Å². The van der Waals surface area contributed by atoms with Gasteiger partial charge >= 0.3 is 6.18 Å². The molecule has 1 aliphatic rings. The summed E-state index contributed by atoms with van der Waals surface area (Å²) >= 11 is 0. The van der Waals surface area contributed by atoms with E-state index in [0.29, 0.717) is 32.8 Å². The fourth-order valence-electron chi connectivity index (χ4n) is 2.80. The Morgan fingerprint density at radius 3 is 2.62 bits per heavy atom. The lowest BCUT2D eigenvalue weighted by atomic mass is 10.0. The number of rotatable bonds is 8. The Kier molecular flexibility index (Phi) is 7.33. The fourth-order valence-corrected chi connectivity index (χ4v) is 2.80. The zero-order valence-electron chi connectivity index (χ0n) is 13.9. The normalized spacial score (nSPS) is 17.2. The van der Waals surface area contributed by atoms with Gasteiger partial charge in [0.1, 0.15) is 12.4 Å². The van der Waals surface area contributed by atoms with Crippen molar-refractivity contribution in [3.63, 3.8) is 0 Å². The molecule has 0 saturated carbocycles. The molecule has 7 heteroatoms. The summed E-state index contributed by atoms with van der Waals surface area (Å²) in [6.07, 6.45) is -2.64. The van der Waals surface area contributed by atoms with Crippen LogP contribution in [0, 0.1) is 0 Å². The molecule has 0 bridgehead atoms. The lowest BCUT2D eigenvalue weighted by Crippen LogP contribution is -2.45. The molecule has 0 amide bonds. The van der Waals surface area contributed by atoms with E-state index >= 15 is 0 Å². The third kappa shape index (κ3) is 7.07. The molecule has 1 heterocycles. The number of nitrogens with zero attached hydrogens (tertiary/aromatic N) is 1. The van der Waals surface area contributed by atoms with Gasteiger partial charge in [0, 0.05) is 19.7 Å². The molecular formula is C17H25F3N2O2. The zero-order valence-corrected chi connectivity index (χ0v) is 13.9. The molecular weight excluding hydrogens is 321 g/mol. The van der Waals surface area contributed by atoms with Gasteiger partial charge in [-0.3, -0.25) is 4.90 Å². The molecule has 1 saturated heterocycles. The van der Waals surface area contributed by atoms with Crippen molar-refractivity contribution >= 4 is 0 Å². The zero-order chi connectivity index (χ0) is 17.4.